The van der Waals surface area contributed by atoms with E-state index < -0.39 is 11.6 Å². The molecule has 1 saturated carbocycles. The Morgan fingerprint density at radius 3 is 2.59 bits per heavy atom. The second-order valence-electron chi connectivity index (χ2n) is 13.0. The van der Waals surface area contributed by atoms with Gasteiger partial charge in [-0.15, -0.1) is 0 Å². The van der Waals surface area contributed by atoms with Crippen molar-refractivity contribution in [2.45, 2.75) is 76.2 Å². The first-order chi connectivity index (χ1) is 23.8. The number of carbonyl (C=O) groups is 1. The predicted molar refractivity (Wildman–Crippen MR) is 184 cm³/mol. The molecule has 4 aromatic rings. The molecule has 49 heavy (non-hydrogen) atoms. The van der Waals surface area contributed by atoms with Crippen LogP contribution in [0.2, 0.25) is 10.0 Å². The molecule has 256 valence electrons. The van der Waals surface area contributed by atoms with Crippen molar-refractivity contribution in [3.63, 3.8) is 0 Å². The molecule has 2 atom stereocenters. The first kappa shape index (κ1) is 33.7. The van der Waals surface area contributed by atoms with Crippen molar-refractivity contribution in [2.75, 3.05) is 13.7 Å². The van der Waals surface area contributed by atoms with Crippen LogP contribution in [0.3, 0.4) is 0 Å². The lowest BCUT2D eigenvalue weighted by Crippen LogP contribution is -2.44. The molecule has 3 aromatic carbocycles. The molecule has 7 rings (SSSR count). The molecule has 1 saturated heterocycles. The smallest absolute Gasteiger partial charge is 0.252 e. The van der Waals surface area contributed by atoms with Gasteiger partial charge in [0.15, 0.2) is 5.76 Å². The number of ether oxygens (including phenoxy) is 2. The van der Waals surface area contributed by atoms with Crippen molar-refractivity contribution in [2.24, 2.45) is 0 Å². The standard InChI is InChI=1S/C38H37Cl2F2N3O4/c1-47-16-2-3-22-4-12-30(39)24(17-22)20-45(26-8-9-26)38(46)35-29(18-25-7-15-33(35)43-25)23-5-10-27(11-6-23)48-21-28-19-34(44-49-28)36-31(41)13-14-32(42)37(36)40/h4-6,10-14,17,19,25-26,33,43H,2-3,7-9,15-16,18,20-21H2,1H3/t25-,33-/m0/s1. The summed E-state index contributed by atoms with van der Waals surface area (Å²) in [6.07, 6.45) is 6.51. The van der Waals surface area contributed by atoms with E-state index >= 15 is 0 Å². The number of hydrogen-bond donors (Lipinski definition) is 1. The molecule has 2 aliphatic heterocycles. The monoisotopic (exact) mass is 707 g/mol. The number of fused-ring (bicyclic) bond motifs is 2. The van der Waals surface area contributed by atoms with Gasteiger partial charge >= 0.3 is 0 Å². The second kappa shape index (κ2) is 14.6. The lowest BCUT2D eigenvalue weighted by molar-refractivity contribution is -0.128. The fourth-order valence-electron chi connectivity index (χ4n) is 6.91. The van der Waals surface area contributed by atoms with E-state index in [1.165, 1.54) is 11.6 Å². The van der Waals surface area contributed by atoms with Crippen LogP contribution in [-0.2, 0) is 29.1 Å². The Morgan fingerprint density at radius 2 is 1.82 bits per heavy atom. The van der Waals surface area contributed by atoms with E-state index in [-0.39, 0.29) is 40.9 Å². The van der Waals surface area contributed by atoms with Crippen molar-refractivity contribution in [3.8, 4) is 17.0 Å². The molecular formula is C38H37Cl2F2N3O4. The Labute approximate surface area is 294 Å². The summed E-state index contributed by atoms with van der Waals surface area (Å²) >= 11 is 12.7. The third kappa shape index (κ3) is 7.41. The van der Waals surface area contributed by atoms with Gasteiger partial charge in [0, 0.05) is 55.0 Å². The number of methoxy groups -OCH3 is 1. The van der Waals surface area contributed by atoms with E-state index in [1.54, 1.807) is 7.11 Å². The number of aromatic nitrogens is 1. The van der Waals surface area contributed by atoms with Crippen molar-refractivity contribution in [1.82, 2.24) is 15.4 Å². The zero-order valence-electron chi connectivity index (χ0n) is 27.1. The number of nitrogens with zero attached hydrogens (tertiary/aromatic N) is 2. The summed E-state index contributed by atoms with van der Waals surface area (Å²) in [5.41, 5.74) is 4.98. The molecule has 1 aromatic heterocycles. The number of amides is 1. The van der Waals surface area contributed by atoms with Gasteiger partial charge in [0.05, 0.1) is 10.6 Å². The van der Waals surface area contributed by atoms with Gasteiger partial charge in [0.25, 0.3) is 5.91 Å². The minimum Gasteiger partial charge on any atom is -0.486 e. The van der Waals surface area contributed by atoms with Gasteiger partial charge in [0.2, 0.25) is 0 Å². The topological polar surface area (TPSA) is 76.8 Å². The van der Waals surface area contributed by atoms with Crippen LogP contribution in [0, 0.1) is 11.6 Å². The number of halogens is 4. The van der Waals surface area contributed by atoms with Gasteiger partial charge in [-0.25, -0.2) is 8.78 Å². The van der Waals surface area contributed by atoms with Crippen LogP contribution in [0.25, 0.3) is 16.8 Å². The number of hydrogen-bond acceptors (Lipinski definition) is 6. The number of benzene rings is 3. The lowest BCUT2D eigenvalue weighted by atomic mass is 9.88. The second-order valence-corrected chi connectivity index (χ2v) is 13.8. The van der Waals surface area contributed by atoms with Gasteiger partial charge in [-0.05, 0) is 97.5 Å². The highest BCUT2D eigenvalue weighted by Crippen LogP contribution is 2.41. The maximum absolute atomic E-state index is 14.5. The Kier molecular flexibility index (Phi) is 10.1. The van der Waals surface area contributed by atoms with Crippen LogP contribution in [-0.4, -0.2) is 47.8 Å². The fraction of sp³-hybridized carbons (Fsp3) is 0.368. The molecule has 11 heteroatoms. The highest BCUT2D eigenvalue weighted by Gasteiger charge is 2.42. The zero-order chi connectivity index (χ0) is 34.1. The summed E-state index contributed by atoms with van der Waals surface area (Å²) in [5, 5.41) is 7.86. The summed E-state index contributed by atoms with van der Waals surface area (Å²) in [6.45, 7) is 1.19. The Morgan fingerprint density at radius 1 is 1.02 bits per heavy atom. The van der Waals surface area contributed by atoms with Crippen LogP contribution in [0.15, 0.2) is 70.8 Å². The Hall–Kier alpha value is -3.76. The summed E-state index contributed by atoms with van der Waals surface area (Å²) in [4.78, 5) is 16.6. The van der Waals surface area contributed by atoms with Crippen molar-refractivity contribution >= 4 is 34.7 Å². The van der Waals surface area contributed by atoms with Crippen molar-refractivity contribution in [1.29, 1.82) is 0 Å². The highest BCUT2D eigenvalue weighted by molar-refractivity contribution is 6.33. The predicted octanol–water partition coefficient (Wildman–Crippen LogP) is 8.55. The molecule has 2 fully saturated rings. The van der Waals surface area contributed by atoms with E-state index in [9.17, 15) is 13.6 Å². The molecule has 0 unspecified atom stereocenters. The third-order valence-electron chi connectivity index (χ3n) is 9.55. The Bertz CT molecular complexity index is 1880. The maximum atomic E-state index is 14.5. The van der Waals surface area contributed by atoms with E-state index in [0.717, 1.165) is 79.4 Å². The van der Waals surface area contributed by atoms with Gasteiger partial charge in [-0.1, -0.05) is 52.6 Å². The molecule has 3 aliphatic rings. The van der Waals surface area contributed by atoms with Crippen LogP contribution in [0.1, 0.15) is 61.0 Å². The molecule has 3 heterocycles. The lowest BCUT2D eigenvalue weighted by Gasteiger charge is -2.32. The highest BCUT2D eigenvalue weighted by atomic mass is 35.5. The van der Waals surface area contributed by atoms with E-state index in [1.807, 2.05) is 35.2 Å². The van der Waals surface area contributed by atoms with E-state index in [0.29, 0.717) is 35.7 Å². The number of nitrogens with one attached hydrogen (secondary N) is 1. The number of carbonyl (C=O) groups excluding carboxylic acids is 1. The minimum atomic E-state index is -0.746. The average molecular weight is 709 g/mol. The van der Waals surface area contributed by atoms with E-state index in [2.05, 4.69) is 22.6 Å². The first-order valence-corrected chi connectivity index (χ1v) is 17.4. The maximum Gasteiger partial charge on any atom is 0.252 e. The van der Waals surface area contributed by atoms with Gasteiger partial charge in [-0.2, -0.15) is 0 Å². The van der Waals surface area contributed by atoms with E-state index in [4.69, 9.17) is 37.2 Å². The average Bonchev–Trinajstić information content (AvgIpc) is 3.73. The Balaban J connectivity index is 1.09. The van der Waals surface area contributed by atoms with Crippen molar-refractivity contribution < 1.29 is 27.6 Å². The third-order valence-corrected chi connectivity index (χ3v) is 10.3. The summed E-state index contributed by atoms with van der Waals surface area (Å²) < 4.78 is 44.8. The number of rotatable bonds is 13. The summed E-state index contributed by atoms with van der Waals surface area (Å²) in [7, 11) is 1.71. The van der Waals surface area contributed by atoms with Crippen molar-refractivity contribution in [3.05, 3.63) is 110 Å². The van der Waals surface area contributed by atoms with Crippen LogP contribution >= 0.6 is 23.2 Å². The SMILES string of the molecule is COCCCc1ccc(Cl)c(CN(C(=O)C2=C(c3ccc(OCc4cc(-c5c(F)ccc(F)c5Cl)no4)cc3)C[C@@H]3CC[C@@H]2N3)C2CC2)c1. The van der Waals surface area contributed by atoms with Gasteiger partial charge in [-0.3, -0.25) is 4.79 Å². The molecular weight excluding hydrogens is 671 g/mol. The molecule has 1 amide bonds. The van der Waals surface area contributed by atoms with Crippen LogP contribution in [0.4, 0.5) is 8.78 Å². The largest absolute Gasteiger partial charge is 0.486 e. The normalized spacial score (nSPS) is 18.6. The molecule has 0 radical (unpaired) electrons. The van der Waals surface area contributed by atoms with Gasteiger partial charge < -0.3 is 24.2 Å². The van der Waals surface area contributed by atoms with Gasteiger partial charge in [0.1, 0.15) is 29.7 Å². The minimum absolute atomic E-state index is 0.00588. The molecule has 1 aliphatic carbocycles. The quantitative estimate of drug-likeness (QED) is 0.111. The molecule has 0 spiro atoms. The molecule has 1 N–H and O–H groups in total. The number of aryl methyl sites for hydroxylation is 1. The summed E-state index contributed by atoms with van der Waals surface area (Å²) in [6, 6.07) is 17.8. The first-order valence-electron chi connectivity index (χ1n) is 16.7. The molecule has 7 nitrogen and oxygen atoms in total. The summed E-state index contributed by atoms with van der Waals surface area (Å²) in [5.74, 6) is -0.461. The fourth-order valence-corrected chi connectivity index (χ4v) is 7.34. The zero-order valence-corrected chi connectivity index (χ0v) is 28.6. The molecule has 2 bridgehead atoms. The van der Waals surface area contributed by atoms with Crippen LogP contribution < -0.4 is 10.1 Å². The van der Waals surface area contributed by atoms with Crippen LogP contribution in [0.5, 0.6) is 5.75 Å².